The molecule has 0 fully saturated rings. The van der Waals surface area contributed by atoms with Crippen molar-refractivity contribution in [3.8, 4) is 6.07 Å². The number of anilines is 3. The lowest BCUT2D eigenvalue weighted by molar-refractivity contribution is -0.137. The van der Waals surface area contributed by atoms with E-state index >= 15 is 0 Å². The first-order valence-electron chi connectivity index (χ1n) is 8.89. The van der Waals surface area contributed by atoms with Crippen molar-refractivity contribution in [3.05, 3.63) is 83.7 Å². The Bertz CT molecular complexity index is 1090. The fourth-order valence-electron chi connectivity index (χ4n) is 2.92. The Labute approximate surface area is 171 Å². The van der Waals surface area contributed by atoms with Crippen LogP contribution in [-0.2, 0) is 17.5 Å². The highest BCUT2D eigenvalue weighted by atomic mass is 19.4. The van der Waals surface area contributed by atoms with E-state index in [9.17, 15) is 18.0 Å². The fourth-order valence-corrected chi connectivity index (χ4v) is 2.92. The molecule has 0 saturated heterocycles. The fraction of sp³-hybridized carbons (Fsp3) is 0.136. The van der Waals surface area contributed by atoms with E-state index in [1.165, 1.54) is 11.1 Å². The smallest absolute Gasteiger partial charge is 0.343 e. The Kier molecular flexibility index (Phi) is 6.02. The number of amides is 1. The van der Waals surface area contributed by atoms with Gasteiger partial charge in [0.15, 0.2) is 0 Å². The quantitative estimate of drug-likeness (QED) is 0.542. The molecule has 0 spiro atoms. The van der Waals surface area contributed by atoms with E-state index in [1.807, 2.05) is 6.07 Å². The van der Waals surface area contributed by atoms with Crippen LogP contribution in [0.4, 0.5) is 30.2 Å². The monoisotopic (exact) mass is 410 g/mol. The minimum Gasteiger partial charge on any atom is -0.343 e. The van der Waals surface area contributed by atoms with Gasteiger partial charge in [0, 0.05) is 24.6 Å². The van der Waals surface area contributed by atoms with Crippen LogP contribution in [-0.4, -0.2) is 18.4 Å². The number of halogens is 3. The summed E-state index contributed by atoms with van der Waals surface area (Å²) in [6.07, 6.45) is -1.70. The number of rotatable bonds is 6. The number of carbonyl (C=O) groups excluding carboxylic acids is 1. The van der Waals surface area contributed by atoms with Crippen LogP contribution in [0.25, 0.3) is 0 Å². The molecule has 0 aliphatic heterocycles. The molecule has 3 rings (SSSR count). The molecule has 0 aliphatic carbocycles. The number of nitrogens with zero attached hydrogens (tertiary/aromatic N) is 4. The first-order chi connectivity index (χ1) is 14.3. The number of hydrogen-bond acceptors (Lipinski definition) is 4. The summed E-state index contributed by atoms with van der Waals surface area (Å²) in [6.45, 7) is 0.247. The van der Waals surface area contributed by atoms with Crippen LogP contribution in [0.3, 0.4) is 0 Å². The third-order valence-electron chi connectivity index (χ3n) is 4.52. The molecule has 8 heteroatoms. The largest absolute Gasteiger partial charge is 0.417 e. The molecule has 5 nitrogen and oxygen atoms in total. The molecule has 1 heterocycles. The number of pyridine rings is 1. The summed E-state index contributed by atoms with van der Waals surface area (Å²) in [7, 11) is 1.62. The van der Waals surface area contributed by atoms with Crippen molar-refractivity contribution in [1.82, 2.24) is 4.98 Å². The van der Waals surface area contributed by atoms with Gasteiger partial charge in [-0.05, 0) is 42.0 Å². The second kappa shape index (κ2) is 8.66. The van der Waals surface area contributed by atoms with Crippen molar-refractivity contribution in [1.29, 1.82) is 5.26 Å². The van der Waals surface area contributed by atoms with Crippen LogP contribution in [0.1, 0.15) is 16.7 Å². The van der Waals surface area contributed by atoms with Gasteiger partial charge >= 0.3 is 6.18 Å². The molecule has 0 aliphatic rings. The highest BCUT2D eigenvalue weighted by Gasteiger charge is 2.31. The molecule has 30 heavy (non-hydrogen) atoms. The van der Waals surface area contributed by atoms with Gasteiger partial charge in [0.05, 0.1) is 35.6 Å². The summed E-state index contributed by atoms with van der Waals surface area (Å²) in [5.41, 5.74) is 1.85. The summed E-state index contributed by atoms with van der Waals surface area (Å²) in [4.78, 5) is 18.4. The van der Waals surface area contributed by atoms with Crippen LogP contribution in [0.5, 0.6) is 0 Å². The first kappa shape index (κ1) is 20.9. The minimum atomic E-state index is -4.49. The number of alkyl halides is 3. The molecule has 152 valence electrons. The zero-order chi connectivity index (χ0) is 21.7. The van der Waals surface area contributed by atoms with Crippen LogP contribution in [0.15, 0.2) is 67.0 Å². The average molecular weight is 410 g/mol. The SMILES string of the molecule is CN(c1cccc(N(C=O)Cc2cccc(C#N)c2)c1)c1cncc(C(F)(F)F)c1. The van der Waals surface area contributed by atoms with E-state index in [2.05, 4.69) is 11.1 Å². The van der Waals surface area contributed by atoms with Crippen LogP contribution in [0.2, 0.25) is 0 Å². The summed E-state index contributed by atoms with van der Waals surface area (Å²) in [5.74, 6) is 0. The summed E-state index contributed by atoms with van der Waals surface area (Å²) >= 11 is 0. The zero-order valence-corrected chi connectivity index (χ0v) is 16.0. The van der Waals surface area contributed by atoms with Gasteiger partial charge < -0.3 is 9.80 Å². The standard InChI is InChI=1S/C22H17F3N4O/c1-28(21-9-18(12-27-13-21)22(23,24)25)19-6-3-7-20(10-19)29(15-30)14-17-5-2-4-16(8-17)11-26/h2-10,12-13,15H,14H2,1H3. The second-order valence-corrected chi connectivity index (χ2v) is 6.55. The van der Waals surface area contributed by atoms with Gasteiger partial charge in [-0.2, -0.15) is 18.4 Å². The van der Waals surface area contributed by atoms with Crippen molar-refractivity contribution < 1.29 is 18.0 Å². The average Bonchev–Trinajstić information content (AvgIpc) is 2.76. The highest BCUT2D eigenvalue weighted by Crippen LogP contribution is 2.33. The summed E-state index contributed by atoms with van der Waals surface area (Å²) in [5, 5.41) is 9.03. The molecule has 0 saturated carbocycles. The topological polar surface area (TPSA) is 60.2 Å². The second-order valence-electron chi connectivity index (χ2n) is 6.55. The van der Waals surface area contributed by atoms with Gasteiger partial charge in [-0.1, -0.05) is 18.2 Å². The number of nitriles is 1. The van der Waals surface area contributed by atoms with Crippen LogP contribution in [0, 0.1) is 11.3 Å². The molecular weight excluding hydrogens is 393 g/mol. The van der Waals surface area contributed by atoms with E-state index in [-0.39, 0.29) is 12.2 Å². The van der Waals surface area contributed by atoms with Gasteiger partial charge in [-0.15, -0.1) is 0 Å². The molecule has 1 amide bonds. The number of hydrogen-bond donors (Lipinski definition) is 0. The Hall–Kier alpha value is -3.86. The van der Waals surface area contributed by atoms with Crippen molar-refractivity contribution in [2.24, 2.45) is 0 Å². The Balaban J connectivity index is 1.87. The summed E-state index contributed by atoms with van der Waals surface area (Å²) in [6, 6.07) is 16.9. The van der Waals surface area contributed by atoms with E-state index < -0.39 is 11.7 Å². The first-order valence-corrected chi connectivity index (χ1v) is 8.89. The van der Waals surface area contributed by atoms with Gasteiger partial charge in [0.1, 0.15) is 0 Å². The van der Waals surface area contributed by atoms with Crippen LogP contribution >= 0.6 is 0 Å². The molecule has 3 aromatic rings. The third kappa shape index (κ3) is 4.75. The van der Waals surface area contributed by atoms with E-state index in [0.717, 1.165) is 17.8 Å². The maximum absolute atomic E-state index is 13.0. The Morgan fingerprint density at radius 1 is 1.03 bits per heavy atom. The van der Waals surface area contributed by atoms with Crippen molar-refractivity contribution in [3.63, 3.8) is 0 Å². The van der Waals surface area contributed by atoms with Crippen molar-refractivity contribution >= 4 is 23.5 Å². The molecule has 0 atom stereocenters. The van der Waals surface area contributed by atoms with Crippen molar-refractivity contribution in [2.75, 3.05) is 16.8 Å². The molecule has 0 radical (unpaired) electrons. The lowest BCUT2D eigenvalue weighted by atomic mass is 10.1. The molecule has 2 aromatic carbocycles. The Morgan fingerprint density at radius 2 is 1.77 bits per heavy atom. The highest BCUT2D eigenvalue weighted by molar-refractivity contribution is 5.78. The predicted molar refractivity (Wildman–Crippen MR) is 107 cm³/mol. The number of aromatic nitrogens is 1. The predicted octanol–water partition coefficient (Wildman–Crippen LogP) is 4.90. The van der Waals surface area contributed by atoms with Crippen molar-refractivity contribution in [2.45, 2.75) is 12.7 Å². The van der Waals surface area contributed by atoms with Gasteiger partial charge in [0.2, 0.25) is 6.41 Å². The zero-order valence-electron chi connectivity index (χ0n) is 16.0. The molecule has 0 bridgehead atoms. The van der Waals surface area contributed by atoms with E-state index in [4.69, 9.17) is 5.26 Å². The molecule has 0 unspecified atom stereocenters. The Morgan fingerprint density at radius 3 is 2.47 bits per heavy atom. The molecule has 0 N–H and O–H groups in total. The third-order valence-corrected chi connectivity index (χ3v) is 4.52. The minimum absolute atomic E-state index is 0.247. The van der Waals surface area contributed by atoms with Gasteiger partial charge in [-0.3, -0.25) is 9.78 Å². The molecular formula is C22H17F3N4O. The van der Waals surface area contributed by atoms with Gasteiger partial charge in [0.25, 0.3) is 0 Å². The number of benzene rings is 2. The van der Waals surface area contributed by atoms with E-state index in [1.54, 1.807) is 54.4 Å². The van der Waals surface area contributed by atoms with Crippen LogP contribution < -0.4 is 9.80 Å². The normalized spacial score (nSPS) is 10.9. The summed E-state index contributed by atoms with van der Waals surface area (Å²) < 4.78 is 39.0. The van der Waals surface area contributed by atoms with Gasteiger partial charge in [-0.25, -0.2) is 0 Å². The maximum Gasteiger partial charge on any atom is 0.417 e. The number of carbonyl (C=O) groups is 1. The lowest BCUT2D eigenvalue weighted by Gasteiger charge is -2.23. The molecule has 1 aromatic heterocycles. The maximum atomic E-state index is 13.0. The van der Waals surface area contributed by atoms with E-state index in [0.29, 0.717) is 23.3 Å². The lowest BCUT2D eigenvalue weighted by Crippen LogP contribution is -2.21.